The molecule has 0 aromatic heterocycles. The van der Waals surface area contributed by atoms with Gasteiger partial charge in [0.05, 0.1) is 0 Å². The zero-order valence-electron chi connectivity index (χ0n) is 13.5. The zero-order valence-corrected chi connectivity index (χ0v) is 15.1. The maximum absolute atomic E-state index is 12.9. The lowest BCUT2D eigenvalue weighted by Gasteiger charge is -2.46. The van der Waals surface area contributed by atoms with Crippen LogP contribution in [0.25, 0.3) is 0 Å². The van der Waals surface area contributed by atoms with Crippen LogP contribution in [0.5, 0.6) is 0 Å². The van der Waals surface area contributed by atoms with Crippen molar-refractivity contribution in [3.8, 4) is 0 Å². The number of thiocarbonyl (C=S) groups is 1. The number of hydrogen-bond acceptors (Lipinski definition) is 2. The van der Waals surface area contributed by atoms with Crippen molar-refractivity contribution in [3.63, 3.8) is 0 Å². The molecule has 0 saturated carbocycles. The normalized spacial score (nSPS) is 19.9. The zero-order chi connectivity index (χ0) is 15.7. The van der Waals surface area contributed by atoms with Crippen LogP contribution < -0.4 is 16.0 Å². The largest absolute Gasteiger partial charge is 0.360 e. The van der Waals surface area contributed by atoms with E-state index in [0.29, 0.717) is 11.2 Å². The van der Waals surface area contributed by atoms with E-state index in [0.717, 1.165) is 18.5 Å². The monoisotopic (exact) mass is 345 g/mol. The summed E-state index contributed by atoms with van der Waals surface area (Å²) in [5, 5.41) is 10.7. The van der Waals surface area contributed by atoms with Gasteiger partial charge in [-0.3, -0.25) is 0 Å². The van der Waals surface area contributed by atoms with Gasteiger partial charge in [0.25, 0.3) is 0 Å². The van der Waals surface area contributed by atoms with Crippen molar-refractivity contribution in [2.45, 2.75) is 57.7 Å². The lowest BCUT2D eigenvalue weighted by Crippen LogP contribution is -2.62. The third-order valence-corrected chi connectivity index (χ3v) is 3.85. The van der Waals surface area contributed by atoms with Crippen LogP contribution in [0.3, 0.4) is 0 Å². The van der Waals surface area contributed by atoms with Crippen LogP contribution in [0.4, 0.5) is 10.1 Å². The Hall–Kier alpha value is -0.910. The number of piperidine rings is 1. The van der Waals surface area contributed by atoms with Gasteiger partial charge in [-0.25, -0.2) is 4.39 Å². The number of halogens is 2. The Morgan fingerprint density at radius 3 is 2.14 bits per heavy atom. The second-order valence-electron chi connectivity index (χ2n) is 7.10. The summed E-state index contributed by atoms with van der Waals surface area (Å²) < 4.78 is 12.9. The highest BCUT2D eigenvalue weighted by molar-refractivity contribution is 7.80. The molecule has 124 valence electrons. The topological polar surface area (TPSA) is 36.1 Å². The molecule has 0 bridgehead atoms. The molecule has 1 aliphatic rings. The molecule has 1 fully saturated rings. The van der Waals surface area contributed by atoms with E-state index in [1.807, 2.05) is 0 Å². The van der Waals surface area contributed by atoms with Crippen LogP contribution in [0.1, 0.15) is 40.5 Å². The highest BCUT2D eigenvalue weighted by Gasteiger charge is 2.37. The maximum Gasteiger partial charge on any atom is 0.170 e. The molecule has 0 atom stereocenters. The molecule has 2 rings (SSSR count). The van der Waals surface area contributed by atoms with Gasteiger partial charge in [0.2, 0.25) is 0 Å². The summed E-state index contributed by atoms with van der Waals surface area (Å²) in [4.78, 5) is 0. The van der Waals surface area contributed by atoms with Crippen molar-refractivity contribution in [3.05, 3.63) is 30.1 Å². The molecule has 6 heteroatoms. The fraction of sp³-hybridized carbons (Fsp3) is 0.562. The Morgan fingerprint density at radius 1 is 1.14 bits per heavy atom. The standard InChI is InChI=1S/C16H24FN3S.ClH/c1-15(2)9-13(10-16(3,4)20-15)19-14(21)18-12-7-5-11(17)6-8-12;/h5-8,13,20H,9-10H2,1-4H3,(H2,18,19,21);1H. The lowest BCUT2D eigenvalue weighted by molar-refractivity contribution is 0.156. The average molecular weight is 346 g/mol. The van der Waals surface area contributed by atoms with E-state index in [4.69, 9.17) is 12.2 Å². The van der Waals surface area contributed by atoms with Gasteiger partial charge < -0.3 is 16.0 Å². The van der Waals surface area contributed by atoms with Crippen LogP contribution in [0.2, 0.25) is 0 Å². The summed E-state index contributed by atoms with van der Waals surface area (Å²) in [7, 11) is 0. The molecule has 1 aliphatic heterocycles. The lowest BCUT2D eigenvalue weighted by atomic mass is 9.80. The number of anilines is 1. The Morgan fingerprint density at radius 2 is 1.64 bits per heavy atom. The SMILES string of the molecule is CC1(C)CC(NC(=S)Nc2ccc(F)cc2)CC(C)(C)N1.Cl. The van der Waals surface area contributed by atoms with Crippen LogP contribution in [0, 0.1) is 5.82 Å². The number of benzene rings is 1. The van der Waals surface area contributed by atoms with Gasteiger partial charge >= 0.3 is 0 Å². The third-order valence-electron chi connectivity index (χ3n) is 3.63. The highest BCUT2D eigenvalue weighted by Crippen LogP contribution is 2.28. The molecule has 3 N–H and O–H groups in total. The van der Waals surface area contributed by atoms with E-state index < -0.39 is 0 Å². The minimum Gasteiger partial charge on any atom is -0.360 e. The van der Waals surface area contributed by atoms with Gasteiger partial charge in [-0.2, -0.15) is 0 Å². The van der Waals surface area contributed by atoms with E-state index in [-0.39, 0.29) is 29.3 Å². The molecule has 3 nitrogen and oxygen atoms in total. The predicted octanol–water partition coefficient (Wildman–Crippen LogP) is 3.84. The number of nitrogens with one attached hydrogen (secondary N) is 3. The quantitative estimate of drug-likeness (QED) is 0.712. The molecule has 1 heterocycles. The van der Waals surface area contributed by atoms with Crippen molar-refractivity contribution in [1.29, 1.82) is 0 Å². The fourth-order valence-electron chi connectivity index (χ4n) is 3.31. The molecule has 0 radical (unpaired) electrons. The van der Waals surface area contributed by atoms with Crippen molar-refractivity contribution in [1.82, 2.24) is 10.6 Å². The van der Waals surface area contributed by atoms with E-state index in [9.17, 15) is 4.39 Å². The first-order chi connectivity index (χ1) is 9.65. The predicted molar refractivity (Wildman–Crippen MR) is 97.3 cm³/mol. The molecule has 22 heavy (non-hydrogen) atoms. The van der Waals surface area contributed by atoms with Gasteiger partial charge in [-0.15, -0.1) is 12.4 Å². The summed E-state index contributed by atoms with van der Waals surface area (Å²) in [6.07, 6.45) is 2.00. The van der Waals surface area contributed by atoms with Gasteiger partial charge in [0, 0.05) is 22.8 Å². The first-order valence-corrected chi connectivity index (χ1v) is 7.69. The smallest absolute Gasteiger partial charge is 0.170 e. The van der Waals surface area contributed by atoms with Gasteiger partial charge in [-0.05, 0) is 77.0 Å². The first-order valence-electron chi connectivity index (χ1n) is 7.28. The Balaban J connectivity index is 0.00000242. The van der Waals surface area contributed by atoms with Crippen LogP contribution in [-0.4, -0.2) is 22.2 Å². The summed E-state index contributed by atoms with van der Waals surface area (Å²) in [6.45, 7) is 8.83. The number of rotatable bonds is 2. The molecule has 1 saturated heterocycles. The third kappa shape index (κ3) is 5.71. The fourth-order valence-corrected chi connectivity index (χ4v) is 3.59. The molecule has 0 aliphatic carbocycles. The average Bonchev–Trinajstić information content (AvgIpc) is 2.27. The maximum atomic E-state index is 12.9. The van der Waals surface area contributed by atoms with Crippen molar-refractivity contribution in [2.24, 2.45) is 0 Å². The van der Waals surface area contributed by atoms with Crippen LogP contribution in [-0.2, 0) is 0 Å². The van der Waals surface area contributed by atoms with Gasteiger partial charge in [0.1, 0.15) is 5.82 Å². The summed E-state index contributed by atoms with van der Waals surface area (Å²) in [5.41, 5.74) is 0.942. The summed E-state index contributed by atoms with van der Waals surface area (Å²) >= 11 is 5.36. The summed E-state index contributed by atoms with van der Waals surface area (Å²) in [5.74, 6) is -0.249. The van der Waals surface area contributed by atoms with E-state index in [1.54, 1.807) is 12.1 Å². The molecule has 0 spiro atoms. The van der Waals surface area contributed by atoms with E-state index in [2.05, 4.69) is 43.6 Å². The molecule has 1 aromatic rings. The number of hydrogen-bond donors (Lipinski definition) is 3. The van der Waals surface area contributed by atoms with Crippen molar-refractivity contribution < 1.29 is 4.39 Å². The van der Waals surface area contributed by atoms with Gasteiger partial charge in [-0.1, -0.05) is 0 Å². The Bertz CT molecular complexity index is 501. The van der Waals surface area contributed by atoms with Crippen molar-refractivity contribution >= 4 is 35.4 Å². The van der Waals surface area contributed by atoms with Crippen molar-refractivity contribution in [2.75, 3.05) is 5.32 Å². The first kappa shape index (κ1) is 19.1. The summed E-state index contributed by atoms with van der Waals surface area (Å²) in [6, 6.07) is 6.51. The molecule has 0 amide bonds. The molecule has 0 unspecified atom stereocenters. The minimum atomic E-state index is -0.249. The molecule has 1 aromatic carbocycles. The second-order valence-corrected chi connectivity index (χ2v) is 7.51. The minimum absolute atomic E-state index is 0. The second kappa shape index (κ2) is 7.11. The Kier molecular flexibility index (Phi) is 6.18. The van der Waals surface area contributed by atoms with Crippen LogP contribution in [0.15, 0.2) is 24.3 Å². The Labute approximate surface area is 143 Å². The van der Waals surface area contributed by atoms with Gasteiger partial charge in [0.15, 0.2) is 5.11 Å². The molecular weight excluding hydrogens is 321 g/mol. The van der Waals surface area contributed by atoms with Crippen LogP contribution >= 0.6 is 24.6 Å². The van der Waals surface area contributed by atoms with E-state index >= 15 is 0 Å². The molecular formula is C16H25ClFN3S. The van der Waals surface area contributed by atoms with E-state index in [1.165, 1.54) is 12.1 Å². The highest BCUT2D eigenvalue weighted by atomic mass is 35.5.